The second kappa shape index (κ2) is 5.00. The minimum Gasteiger partial charge on any atom is -0.319 e. The van der Waals surface area contributed by atoms with Crippen LogP contribution in [0.1, 0.15) is 55.9 Å². The molecule has 1 saturated carbocycles. The first kappa shape index (κ1) is 12.3. The van der Waals surface area contributed by atoms with Crippen LogP contribution < -0.4 is 5.73 Å². The van der Waals surface area contributed by atoms with Gasteiger partial charge < -0.3 is 5.73 Å². The summed E-state index contributed by atoms with van der Waals surface area (Å²) >= 11 is 0. The number of aromatic nitrogens is 2. The molecule has 1 aromatic rings. The molecule has 2 N–H and O–H groups in total. The van der Waals surface area contributed by atoms with Crippen LogP contribution in [0.4, 0.5) is 0 Å². The van der Waals surface area contributed by atoms with E-state index in [2.05, 4.69) is 12.0 Å². The van der Waals surface area contributed by atoms with E-state index in [1.54, 1.807) is 16.9 Å². The summed E-state index contributed by atoms with van der Waals surface area (Å²) in [5, 5.41) is 4.19. The molecule has 0 atom stereocenters. The molecule has 17 heavy (non-hydrogen) atoms. The van der Waals surface area contributed by atoms with Gasteiger partial charge in [-0.1, -0.05) is 26.2 Å². The average molecular weight is 235 g/mol. The molecule has 0 radical (unpaired) electrons. The summed E-state index contributed by atoms with van der Waals surface area (Å²) in [6.07, 6.45) is 7.59. The van der Waals surface area contributed by atoms with E-state index in [1.165, 1.54) is 6.42 Å². The molecule has 0 spiro atoms. The standard InChI is InChI=1S/C13H21N3O/c1-2-10-16-11(6-9-15-16)12(17)13(14)7-4-3-5-8-13/h6,9H,2-5,7-8,10,14H2,1H3. The Hall–Kier alpha value is -1.16. The number of Topliss-reactive ketones (excluding diaryl/α,β-unsaturated/α-hetero) is 1. The van der Waals surface area contributed by atoms with Gasteiger partial charge in [0.05, 0.1) is 5.54 Å². The summed E-state index contributed by atoms with van der Waals surface area (Å²) < 4.78 is 1.78. The quantitative estimate of drug-likeness (QED) is 0.813. The first-order chi connectivity index (χ1) is 8.17. The van der Waals surface area contributed by atoms with Crippen LogP contribution in [-0.4, -0.2) is 21.1 Å². The van der Waals surface area contributed by atoms with Crippen molar-refractivity contribution in [2.24, 2.45) is 5.73 Å². The van der Waals surface area contributed by atoms with E-state index in [9.17, 15) is 4.79 Å². The van der Waals surface area contributed by atoms with Crippen molar-refractivity contribution in [1.82, 2.24) is 9.78 Å². The third kappa shape index (κ3) is 2.41. The fraction of sp³-hybridized carbons (Fsp3) is 0.692. The van der Waals surface area contributed by atoms with Crippen molar-refractivity contribution in [2.75, 3.05) is 0 Å². The SMILES string of the molecule is CCCn1nccc1C(=O)C1(N)CCCCC1. The van der Waals surface area contributed by atoms with Gasteiger partial charge >= 0.3 is 0 Å². The largest absolute Gasteiger partial charge is 0.319 e. The first-order valence-corrected chi connectivity index (χ1v) is 6.53. The Balaban J connectivity index is 2.20. The molecule has 94 valence electrons. The zero-order chi connectivity index (χ0) is 12.3. The van der Waals surface area contributed by atoms with E-state index >= 15 is 0 Å². The number of ketones is 1. The van der Waals surface area contributed by atoms with Crippen LogP contribution in [-0.2, 0) is 6.54 Å². The maximum absolute atomic E-state index is 12.5. The number of hydrogen-bond donors (Lipinski definition) is 1. The molecule has 0 saturated heterocycles. The lowest BCUT2D eigenvalue weighted by atomic mass is 9.78. The molecule has 0 bridgehead atoms. The topological polar surface area (TPSA) is 60.9 Å². The van der Waals surface area contributed by atoms with Gasteiger partial charge in [-0.15, -0.1) is 0 Å². The van der Waals surface area contributed by atoms with Crippen LogP contribution in [0.2, 0.25) is 0 Å². The minimum absolute atomic E-state index is 0.0724. The average Bonchev–Trinajstić information content (AvgIpc) is 2.78. The number of hydrogen-bond acceptors (Lipinski definition) is 3. The molecule has 0 aromatic carbocycles. The number of nitrogens with zero attached hydrogens (tertiary/aromatic N) is 2. The molecule has 4 nitrogen and oxygen atoms in total. The highest BCUT2D eigenvalue weighted by Crippen LogP contribution is 2.29. The van der Waals surface area contributed by atoms with Gasteiger partial charge in [-0.25, -0.2) is 0 Å². The summed E-state index contributed by atoms with van der Waals surface area (Å²) in [4.78, 5) is 12.5. The van der Waals surface area contributed by atoms with Gasteiger partial charge in [-0.05, 0) is 25.3 Å². The fourth-order valence-corrected chi connectivity index (χ4v) is 2.58. The Labute approximate surface area is 102 Å². The number of aryl methyl sites for hydroxylation is 1. The lowest BCUT2D eigenvalue weighted by molar-refractivity contribution is 0.0836. The summed E-state index contributed by atoms with van der Waals surface area (Å²) in [6.45, 7) is 2.86. The smallest absolute Gasteiger partial charge is 0.200 e. The van der Waals surface area contributed by atoms with Crippen molar-refractivity contribution >= 4 is 5.78 Å². The van der Waals surface area contributed by atoms with E-state index in [0.717, 1.165) is 38.6 Å². The second-order valence-electron chi connectivity index (χ2n) is 4.99. The van der Waals surface area contributed by atoms with Crippen molar-refractivity contribution in [3.05, 3.63) is 18.0 Å². The summed E-state index contributed by atoms with van der Waals surface area (Å²) in [7, 11) is 0. The van der Waals surface area contributed by atoms with Crippen molar-refractivity contribution in [3.63, 3.8) is 0 Å². The normalized spacial score (nSPS) is 19.2. The van der Waals surface area contributed by atoms with Crippen molar-refractivity contribution < 1.29 is 4.79 Å². The Morgan fingerprint density at radius 2 is 2.18 bits per heavy atom. The molecule has 1 heterocycles. The van der Waals surface area contributed by atoms with Crippen molar-refractivity contribution in [1.29, 1.82) is 0 Å². The lowest BCUT2D eigenvalue weighted by Crippen LogP contribution is -2.50. The third-order valence-electron chi connectivity index (χ3n) is 3.58. The molecular weight excluding hydrogens is 214 g/mol. The van der Waals surface area contributed by atoms with Crippen LogP contribution in [0.5, 0.6) is 0 Å². The lowest BCUT2D eigenvalue weighted by Gasteiger charge is -2.31. The fourth-order valence-electron chi connectivity index (χ4n) is 2.58. The highest BCUT2D eigenvalue weighted by atomic mass is 16.1. The van der Waals surface area contributed by atoms with E-state index in [-0.39, 0.29) is 5.78 Å². The van der Waals surface area contributed by atoms with E-state index in [4.69, 9.17) is 5.73 Å². The molecule has 1 aliphatic carbocycles. The zero-order valence-electron chi connectivity index (χ0n) is 10.5. The maximum atomic E-state index is 12.5. The van der Waals surface area contributed by atoms with E-state index in [0.29, 0.717) is 5.69 Å². The van der Waals surface area contributed by atoms with E-state index < -0.39 is 5.54 Å². The van der Waals surface area contributed by atoms with Crippen LogP contribution in [0.15, 0.2) is 12.3 Å². The molecule has 1 fully saturated rings. The minimum atomic E-state index is -0.649. The van der Waals surface area contributed by atoms with Gasteiger partial charge in [0.2, 0.25) is 5.78 Å². The summed E-state index contributed by atoms with van der Waals surface area (Å²) in [5.41, 5.74) is 6.30. The monoisotopic (exact) mass is 235 g/mol. The molecule has 1 aliphatic rings. The van der Waals surface area contributed by atoms with Crippen LogP contribution in [0, 0.1) is 0 Å². The molecule has 1 aromatic heterocycles. The molecule has 2 rings (SSSR count). The third-order valence-corrected chi connectivity index (χ3v) is 3.58. The van der Waals surface area contributed by atoms with Gasteiger partial charge in [0, 0.05) is 12.7 Å². The second-order valence-corrected chi connectivity index (χ2v) is 4.99. The first-order valence-electron chi connectivity index (χ1n) is 6.53. The van der Waals surface area contributed by atoms with E-state index in [1.807, 2.05) is 0 Å². The summed E-state index contributed by atoms with van der Waals surface area (Å²) in [5.74, 6) is 0.0724. The maximum Gasteiger partial charge on any atom is 0.200 e. The zero-order valence-corrected chi connectivity index (χ0v) is 10.5. The highest BCUT2D eigenvalue weighted by molar-refractivity contribution is 6.01. The van der Waals surface area contributed by atoms with Crippen molar-refractivity contribution in [2.45, 2.75) is 57.5 Å². The molecule has 0 unspecified atom stereocenters. The van der Waals surface area contributed by atoms with Gasteiger partial charge in [0.15, 0.2) is 0 Å². The van der Waals surface area contributed by atoms with Gasteiger partial charge in [0.25, 0.3) is 0 Å². The van der Waals surface area contributed by atoms with Crippen LogP contribution in [0.3, 0.4) is 0 Å². The number of nitrogens with two attached hydrogens (primary N) is 1. The highest BCUT2D eigenvalue weighted by Gasteiger charge is 2.37. The van der Waals surface area contributed by atoms with Gasteiger partial charge in [0.1, 0.15) is 5.69 Å². The number of carbonyl (C=O) groups is 1. The Bertz CT molecular complexity index is 391. The molecule has 0 aliphatic heterocycles. The van der Waals surface area contributed by atoms with Gasteiger partial charge in [-0.3, -0.25) is 9.48 Å². The predicted octanol–water partition coefficient (Wildman–Crippen LogP) is 2.14. The molecular formula is C13H21N3O. The van der Waals surface area contributed by atoms with Crippen molar-refractivity contribution in [3.8, 4) is 0 Å². The molecule has 0 amide bonds. The molecule has 4 heteroatoms. The Morgan fingerprint density at radius 3 is 2.82 bits per heavy atom. The number of carbonyl (C=O) groups excluding carboxylic acids is 1. The Morgan fingerprint density at radius 1 is 1.47 bits per heavy atom. The van der Waals surface area contributed by atoms with Crippen LogP contribution >= 0.6 is 0 Å². The van der Waals surface area contributed by atoms with Gasteiger partial charge in [-0.2, -0.15) is 5.10 Å². The predicted molar refractivity (Wildman–Crippen MR) is 66.9 cm³/mol. The summed E-state index contributed by atoms with van der Waals surface area (Å²) in [6, 6.07) is 1.79. The number of rotatable bonds is 4. The Kier molecular flexibility index (Phi) is 3.62. The van der Waals surface area contributed by atoms with Crippen LogP contribution in [0.25, 0.3) is 0 Å².